The Balaban J connectivity index is 1.47. The molecule has 1 atom stereocenters. The van der Waals surface area contributed by atoms with Gasteiger partial charge in [-0.05, 0) is 61.8 Å². The van der Waals surface area contributed by atoms with Gasteiger partial charge in [-0.25, -0.2) is 0 Å². The highest BCUT2D eigenvalue weighted by molar-refractivity contribution is 7.17. The Morgan fingerprint density at radius 3 is 2.70 bits per heavy atom. The maximum absolute atomic E-state index is 13.0. The predicted octanol–water partition coefficient (Wildman–Crippen LogP) is 3.73. The molecule has 1 aliphatic carbocycles. The Labute approximate surface area is 181 Å². The summed E-state index contributed by atoms with van der Waals surface area (Å²) < 4.78 is 10.8. The highest BCUT2D eigenvalue weighted by Crippen LogP contribution is 2.38. The van der Waals surface area contributed by atoms with Gasteiger partial charge in [-0.2, -0.15) is 0 Å². The average molecular weight is 429 g/mol. The molecule has 6 nitrogen and oxygen atoms in total. The monoisotopic (exact) mass is 428 g/mol. The van der Waals surface area contributed by atoms with Gasteiger partial charge in [-0.3, -0.25) is 9.59 Å². The van der Waals surface area contributed by atoms with Gasteiger partial charge >= 0.3 is 0 Å². The second-order valence-electron chi connectivity index (χ2n) is 7.83. The van der Waals surface area contributed by atoms with Crippen molar-refractivity contribution >= 4 is 28.2 Å². The first kappa shape index (κ1) is 20.9. The molecule has 7 heteroatoms. The molecule has 2 heterocycles. The molecule has 1 aromatic heterocycles. The average Bonchev–Trinajstić information content (AvgIpc) is 3.40. The highest BCUT2D eigenvalue weighted by Gasteiger charge is 2.27. The summed E-state index contributed by atoms with van der Waals surface area (Å²) in [7, 11) is 1.62. The van der Waals surface area contributed by atoms with Crippen LogP contribution in [-0.2, 0) is 28.8 Å². The van der Waals surface area contributed by atoms with Gasteiger partial charge in [0, 0.05) is 18.0 Å². The molecule has 160 valence electrons. The Morgan fingerprint density at radius 1 is 1.17 bits per heavy atom. The van der Waals surface area contributed by atoms with E-state index in [0.29, 0.717) is 17.1 Å². The lowest BCUT2D eigenvalue weighted by Crippen LogP contribution is -2.32. The molecule has 1 fully saturated rings. The molecule has 0 bridgehead atoms. The Hall–Kier alpha value is -2.38. The summed E-state index contributed by atoms with van der Waals surface area (Å²) in [5.74, 6) is 0.534. The second-order valence-corrected chi connectivity index (χ2v) is 8.94. The van der Waals surface area contributed by atoms with E-state index in [9.17, 15) is 9.59 Å². The zero-order valence-electron chi connectivity index (χ0n) is 17.3. The number of hydrogen-bond acceptors (Lipinski definition) is 5. The minimum Gasteiger partial charge on any atom is -0.497 e. The number of fused-ring (bicyclic) bond motifs is 1. The minimum atomic E-state index is -0.119. The molecule has 0 saturated carbocycles. The van der Waals surface area contributed by atoms with Crippen LogP contribution >= 0.6 is 11.3 Å². The smallest absolute Gasteiger partial charge is 0.254 e. The van der Waals surface area contributed by atoms with Crippen molar-refractivity contribution in [1.29, 1.82) is 0 Å². The zero-order chi connectivity index (χ0) is 20.9. The van der Waals surface area contributed by atoms with Crippen molar-refractivity contribution in [3.63, 3.8) is 0 Å². The van der Waals surface area contributed by atoms with Gasteiger partial charge in [-0.1, -0.05) is 12.1 Å². The van der Waals surface area contributed by atoms with Gasteiger partial charge in [0.1, 0.15) is 10.8 Å². The maximum Gasteiger partial charge on any atom is 0.254 e. The van der Waals surface area contributed by atoms with Crippen molar-refractivity contribution in [3.8, 4) is 5.75 Å². The quantitative estimate of drug-likeness (QED) is 0.705. The van der Waals surface area contributed by atoms with Gasteiger partial charge in [0.05, 0.1) is 25.2 Å². The molecule has 0 unspecified atom stereocenters. The number of nitrogens with one attached hydrogen (secondary N) is 2. The molecule has 4 rings (SSSR count). The van der Waals surface area contributed by atoms with Crippen LogP contribution in [-0.4, -0.2) is 38.2 Å². The lowest BCUT2D eigenvalue weighted by Gasteiger charge is -2.15. The van der Waals surface area contributed by atoms with Crippen LogP contribution in [0.1, 0.15) is 52.0 Å². The number of carbonyl (C=O) groups is 2. The highest BCUT2D eigenvalue weighted by atomic mass is 32.1. The van der Waals surface area contributed by atoms with Crippen molar-refractivity contribution in [1.82, 2.24) is 5.32 Å². The molecule has 2 N–H and O–H groups in total. The first-order valence-electron chi connectivity index (χ1n) is 10.6. The fourth-order valence-corrected chi connectivity index (χ4v) is 5.40. The number of carbonyl (C=O) groups excluding carboxylic acids is 2. The molecular formula is C23H28N2O4S. The van der Waals surface area contributed by atoms with Crippen molar-refractivity contribution in [2.24, 2.45) is 0 Å². The summed E-state index contributed by atoms with van der Waals surface area (Å²) in [6, 6.07) is 7.45. The predicted molar refractivity (Wildman–Crippen MR) is 118 cm³/mol. The Kier molecular flexibility index (Phi) is 6.69. The van der Waals surface area contributed by atoms with Crippen molar-refractivity contribution in [2.75, 3.05) is 25.6 Å². The van der Waals surface area contributed by atoms with E-state index in [0.717, 1.165) is 62.0 Å². The molecule has 1 saturated heterocycles. The zero-order valence-corrected chi connectivity index (χ0v) is 18.1. The van der Waals surface area contributed by atoms with E-state index in [1.165, 1.54) is 4.88 Å². The number of rotatable bonds is 7. The van der Waals surface area contributed by atoms with Gasteiger partial charge in [0.25, 0.3) is 5.91 Å². The SMILES string of the molecule is COc1ccc(CC(=O)Nc2sc3c(c2C(=O)NC[C@@H]2CCCO2)CCCC3)cc1. The van der Waals surface area contributed by atoms with Gasteiger partial charge < -0.3 is 20.1 Å². The summed E-state index contributed by atoms with van der Waals surface area (Å²) >= 11 is 1.55. The number of hydrogen-bond donors (Lipinski definition) is 2. The third kappa shape index (κ3) is 4.84. The molecule has 2 amide bonds. The number of benzene rings is 1. The van der Waals surface area contributed by atoms with Crippen LogP contribution < -0.4 is 15.4 Å². The molecule has 30 heavy (non-hydrogen) atoms. The van der Waals surface area contributed by atoms with Crippen LogP contribution in [0.15, 0.2) is 24.3 Å². The summed E-state index contributed by atoms with van der Waals surface area (Å²) in [5, 5.41) is 6.71. The normalized spacial score (nSPS) is 18.0. The van der Waals surface area contributed by atoms with E-state index in [1.807, 2.05) is 24.3 Å². The van der Waals surface area contributed by atoms with E-state index in [1.54, 1.807) is 18.4 Å². The summed E-state index contributed by atoms with van der Waals surface area (Å²) in [6.07, 6.45) is 6.44. The van der Waals surface area contributed by atoms with Crippen LogP contribution in [0.3, 0.4) is 0 Å². The van der Waals surface area contributed by atoms with Gasteiger partial charge in [0.15, 0.2) is 0 Å². The van der Waals surface area contributed by atoms with Crippen LogP contribution in [0.2, 0.25) is 0 Å². The summed E-state index contributed by atoms with van der Waals surface area (Å²) in [4.78, 5) is 27.0. The number of anilines is 1. The van der Waals surface area contributed by atoms with Crippen LogP contribution in [0, 0.1) is 0 Å². The van der Waals surface area contributed by atoms with E-state index in [-0.39, 0.29) is 24.3 Å². The molecule has 2 aromatic rings. The van der Waals surface area contributed by atoms with Gasteiger partial charge in [0.2, 0.25) is 5.91 Å². The van der Waals surface area contributed by atoms with E-state index < -0.39 is 0 Å². The van der Waals surface area contributed by atoms with Gasteiger partial charge in [-0.15, -0.1) is 11.3 Å². The first-order valence-corrected chi connectivity index (χ1v) is 11.4. The van der Waals surface area contributed by atoms with Crippen molar-refractivity contribution in [2.45, 2.75) is 51.0 Å². The van der Waals surface area contributed by atoms with Crippen molar-refractivity contribution < 1.29 is 19.1 Å². The Morgan fingerprint density at radius 2 is 1.97 bits per heavy atom. The lowest BCUT2D eigenvalue weighted by atomic mass is 9.95. The number of methoxy groups -OCH3 is 1. The number of aryl methyl sites for hydroxylation is 1. The van der Waals surface area contributed by atoms with Crippen LogP contribution in [0.5, 0.6) is 5.75 Å². The second kappa shape index (κ2) is 9.62. The standard InChI is InChI=1S/C23H28N2O4S/c1-28-16-10-8-15(9-11-16)13-20(26)25-23-21(18-6-2-3-7-19(18)30-23)22(27)24-14-17-5-4-12-29-17/h8-11,17H,2-7,12-14H2,1H3,(H,24,27)(H,25,26)/t17-/m0/s1. The first-order chi connectivity index (χ1) is 14.6. The van der Waals surface area contributed by atoms with Crippen molar-refractivity contribution in [3.05, 3.63) is 45.8 Å². The van der Waals surface area contributed by atoms with Crippen LogP contribution in [0.4, 0.5) is 5.00 Å². The molecule has 2 aliphatic rings. The van der Waals surface area contributed by atoms with E-state index >= 15 is 0 Å². The fraction of sp³-hybridized carbons (Fsp3) is 0.478. The topological polar surface area (TPSA) is 76.7 Å². The minimum absolute atomic E-state index is 0.0940. The lowest BCUT2D eigenvalue weighted by molar-refractivity contribution is -0.115. The summed E-state index contributed by atoms with van der Waals surface area (Å²) in [6.45, 7) is 1.28. The third-order valence-corrected chi connectivity index (χ3v) is 6.90. The van der Waals surface area contributed by atoms with E-state index in [4.69, 9.17) is 9.47 Å². The third-order valence-electron chi connectivity index (χ3n) is 5.69. The van der Waals surface area contributed by atoms with E-state index in [2.05, 4.69) is 10.6 Å². The molecular weight excluding hydrogens is 400 g/mol. The molecule has 0 spiro atoms. The maximum atomic E-state index is 13.0. The number of amides is 2. The number of thiophene rings is 1. The Bertz CT molecular complexity index is 901. The molecule has 1 aliphatic heterocycles. The summed E-state index contributed by atoms with van der Waals surface area (Å²) in [5.41, 5.74) is 2.66. The molecule has 0 radical (unpaired) electrons. The largest absolute Gasteiger partial charge is 0.497 e. The molecule has 1 aromatic carbocycles. The number of ether oxygens (including phenoxy) is 2. The fourth-order valence-electron chi connectivity index (χ4n) is 4.09. The van der Waals surface area contributed by atoms with Crippen LogP contribution in [0.25, 0.3) is 0 Å².